The van der Waals surface area contributed by atoms with E-state index in [1.165, 1.54) is 0 Å². The van der Waals surface area contributed by atoms with E-state index in [0.29, 0.717) is 19.4 Å². The van der Waals surface area contributed by atoms with Crippen LogP contribution in [0.15, 0.2) is 24.3 Å². The summed E-state index contributed by atoms with van der Waals surface area (Å²) in [4.78, 5) is 25.4. The van der Waals surface area contributed by atoms with E-state index in [-0.39, 0.29) is 11.8 Å². The van der Waals surface area contributed by atoms with Gasteiger partial charge in [0.2, 0.25) is 5.91 Å². The highest BCUT2D eigenvalue weighted by Gasteiger charge is 2.33. The third kappa shape index (κ3) is 3.78. The molecule has 0 bridgehead atoms. The summed E-state index contributed by atoms with van der Waals surface area (Å²) in [6, 6.07) is 6.95. The highest BCUT2D eigenvalue weighted by molar-refractivity contribution is 5.85. The Labute approximate surface area is 130 Å². The molecule has 1 N–H and O–H groups in total. The number of carbonyl (C=O) groups excluding carboxylic acids is 1. The molecule has 22 heavy (non-hydrogen) atoms. The van der Waals surface area contributed by atoms with Crippen molar-refractivity contribution in [2.24, 2.45) is 5.92 Å². The van der Waals surface area contributed by atoms with Crippen LogP contribution in [0.25, 0.3) is 0 Å². The van der Waals surface area contributed by atoms with Gasteiger partial charge in [0.1, 0.15) is 11.8 Å². The standard InChI is InChI=1S/C17H23NO4/c1-12(11-13-6-8-14(22-2)9-7-13)16(19)18-10-4-3-5-15(18)17(20)21/h6-9,12,15H,3-5,10-11H2,1-2H3,(H,20,21). The van der Waals surface area contributed by atoms with Crippen LogP contribution in [0.4, 0.5) is 0 Å². The van der Waals surface area contributed by atoms with E-state index in [1.54, 1.807) is 12.0 Å². The van der Waals surface area contributed by atoms with Crippen LogP contribution >= 0.6 is 0 Å². The van der Waals surface area contributed by atoms with Gasteiger partial charge in [0.15, 0.2) is 0 Å². The molecule has 0 aliphatic carbocycles. The van der Waals surface area contributed by atoms with Gasteiger partial charge in [-0.05, 0) is 43.4 Å². The number of piperidine rings is 1. The fraction of sp³-hybridized carbons (Fsp3) is 0.529. The van der Waals surface area contributed by atoms with Gasteiger partial charge in [-0.25, -0.2) is 4.79 Å². The molecule has 1 heterocycles. The second-order valence-corrected chi connectivity index (χ2v) is 5.83. The fourth-order valence-corrected chi connectivity index (χ4v) is 2.94. The molecule has 1 amide bonds. The molecule has 120 valence electrons. The molecule has 2 rings (SSSR count). The quantitative estimate of drug-likeness (QED) is 0.906. The zero-order valence-electron chi connectivity index (χ0n) is 13.1. The molecule has 0 spiro atoms. The van der Waals surface area contributed by atoms with E-state index in [0.717, 1.165) is 24.2 Å². The molecule has 0 aromatic heterocycles. The lowest BCUT2D eigenvalue weighted by Gasteiger charge is -2.34. The molecule has 1 saturated heterocycles. The first-order valence-electron chi connectivity index (χ1n) is 7.69. The fourth-order valence-electron chi connectivity index (χ4n) is 2.94. The molecule has 0 saturated carbocycles. The Kier molecular flexibility index (Phi) is 5.41. The third-order valence-electron chi connectivity index (χ3n) is 4.19. The van der Waals surface area contributed by atoms with Crippen LogP contribution in [-0.2, 0) is 16.0 Å². The minimum absolute atomic E-state index is 0.0667. The molecule has 5 heteroatoms. The first-order valence-corrected chi connectivity index (χ1v) is 7.69. The maximum absolute atomic E-state index is 12.6. The topological polar surface area (TPSA) is 66.8 Å². The van der Waals surface area contributed by atoms with Crippen molar-refractivity contribution in [2.75, 3.05) is 13.7 Å². The van der Waals surface area contributed by atoms with Gasteiger partial charge in [0.05, 0.1) is 7.11 Å². The molecule has 1 aromatic carbocycles. The van der Waals surface area contributed by atoms with Crippen molar-refractivity contribution in [1.29, 1.82) is 0 Å². The van der Waals surface area contributed by atoms with Crippen LogP contribution in [0, 0.1) is 5.92 Å². The van der Waals surface area contributed by atoms with Crippen molar-refractivity contribution >= 4 is 11.9 Å². The smallest absolute Gasteiger partial charge is 0.326 e. The molecular weight excluding hydrogens is 282 g/mol. The van der Waals surface area contributed by atoms with E-state index in [4.69, 9.17) is 4.74 Å². The number of hydrogen-bond acceptors (Lipinski definition) is 3. The average Bonchev–Trinajstić information content (AvgIpc) is 2.54. The van der Waals surface area contributed by atoms with Gasteiger partial charge in [0, 0.05) is 12.5 Å². The van der Waals surface area contributed by atoms with E-state index in [2.05, 4.69) is 0 Å². The summed E-state index contributed by atoms with van der Waals surface area (Å²) in [5.41, 5.74) is 1.05. The molecule has 1 aliphatic heterocycles. The largest absolute Gasteiger partial charge is 0.497 e. The molecule has 5 nitrogen and oxygen atoms in total. The van der Waals surface area contributed by atoms with Crippen molar-refractivity contribution in [3.05, 3.63) is 29.8 Å². The first-order chi connectivity index (χ1) is 10.5. The molecule has 1 fully saturated rings. The number of methoxy groups -OCH3 is 1. The van der Waals surface area contributed by atoms with Gasteiger partial charge in [-0.3, -0.25) is 4.79 Å². The van der Waals surface area contributed by atoms with Crippen LogP contribution < -0.4 is 4.74 Å². The second kappa shape index (κ2) is 7.29. The number of nitrogens with zero attached hydrogens (tertiary/aromatic N) is 1. The van der Waals surface area contributed by atoms with Gasteiger partial charge in [-0.2, -0.15) is 0 Å². The summed E-state index contributed by atoms with van der Waals surface area (Å²) in [6.45, 7) is 2.41. The van der Waals surface area contributed by atoms with Gasteiger partial charge in [0.25, 0.3) is 0 Å². The second-order valence-electron chi connectivity index (χ2n) is 5.83. The zero-order chi connectivity index (χ0) is 16.1. The number of ether oxygens (including phenoxy) is 1. The number of carboxylic acids is 1. The molecule has 1 aliphatic rings. The molecular formula is C17H23NO4. The van der Waals surface area contributed by atoms with Crippen LogP contribution in [-0.4, -0.2) is 41.6 Å². The number of amides is 1. The molecule has 1 aromatic rings. The summed E-state index contributed by atoms with van der Waals surface area (Å²) < 4.78 is 5.12. The maximum Gasteiger partial charge on any atom is 0.326 e. The van der Waals surface area contributed by atoms with Crippen LogP contribution in [0.3, 0.4) is 0 Å². The molecule has 0 radical (unpaired) electrons. The maximum atomic E-state index is 12.6. The monoisotopic (exact) mass is 305 g/mol. The third-order valence-corrected chi connectivity index (χ3v) is 4.19. The Morgan fingerprint density at radius 3 is 2.59 bits per heavy atom. The molecule has 2 atom stereocenters. The normalized spacial score (nSPS) is 19.5. The summed E-state index contributed by atoms with van der Waals surface area (Å²) in [6.07, 6.45) is 2.90. The lowest BCUT2D eigenvalue weighted by Crippen LogP contribution is -2.50. The van der Waals surface area contributed by atoms with E-state index < -0.39 is 12.0 Å². The van der Waals surface area contributed by atoms with E-state index in [9.17, 15) is 14.7 Å². The zero-order valence-corrected chi connectivity index (χ0v) is 13.1. The van der Waals surface area contributed by atoms with Crippen molar-refractivity contribution in [3.8, 4) is 5.75 Å². The summed E-state index contributed by atoms with van der Waals surface area (Å²) in [5, 5.41) is 9.28. The Morgan fingerprint density at radius 1 is 1.32 bits per heavy atom. The van der Waals surface area contributed by atoms with Gasteiger partial charge in [-0.1, -0.05) is 19.1 Å². The van der Waals surface area contributed by atoms with Gasteiger partial charge < -0.3 is 14.7 Å². The molecule has 2 unspecified atom stereocenters. The predicted molar refractivity (Wildman–Crippen MR) is 82.8 cm³/mol. The number of aliphatic carboxylic acids is 1. The lowest BCUT2D eigenvalue weighted by atomic mass is 9.96. The van der Waals surface area contributed by atoms with Crippen molar-refractivity contribution in [2.45, 2.75) is 38.6 Å². The van der Waals surface area contributed by atoms with Crippen LogP contribution in [0.2, 0.25) is 0 Å². The van der Waals surface area contributed by atoms with Crippen molar-refractivity contribution in [3.63, 3.8) is 0 Å². The summed E-state index contributed by atoms with van der Waals surface area (Å²) >= 11 is 0. The van der Waals surface area contributed by atoms with Crippen molar-refractivity contribution in [1.82, 2.24) is 4.90 Å². The Bertz CT molecular complexity index is 526. The number of hydrogen-bond donors (Lipinski definition) is 1. The number of carboxylic acid groups (broad SMARTS) is 1. The van der Waals surface area contributed by atoms with Gasteiger partial charge in [-0.15, -0.1) is 0 Å². The average molecular weight is 305 g/mol. The van der Waals surface area contributed by atoms with Crippen LogP contribution in [0.1, 0.15) is 31.7 Å². The Morgan fingerprint density at radius 2 is 2.00 bits per heavy atom. The van der Waals surface area contributed by atoms with Crippen LogP contribution in [0.5, 0.6) is 5.75 Å². The highest BCUT2D eigenvalue weighted by atomic mass is 16.5. The number of carbonyl (C=O) groups is 2. The number of benzene rings is 1. The minimum Gasteiger partial charge on any atom is -0.497 e. The highest BCUT2D eigenvalue weighted by Crippen LogP contribution is 2.22. The first kappa shape index (κ1) is 16.3. The summed E-state index contributed by atoms with van der Waals surface area (Å²) in [5.74, 6) is -0.411. The Hall–Kier alpha value is -2.04. The predicted octanol–water partition coefficient (Wildman–Crippen LogP) is 2.34. The minimum atomic E-state index is -0.898. The Balaban J connectivity index is 2.02. The summed E-state index contributed by atoms with van der Waals surface area (Å²) in [7, 11) is 1.61. The van der Waals surface area contributed by atoms with Crippen molar-refractivity contribution < 1.29 is 19.4 Å². The lowest BCUT2D eigenvalue weighted by molar-refractivity contribution is -0.153. The van der Waals surface area contributed by atoms with E-state index in [1.807, 2.05) is 31.2 Å². The SMILES string of the molecule is COc1ccc(CC(C)C(=O)N2CCCCC2C(=O)O)cc1. The van der Waals surface area contributed by atoms with Gasteiger partial charge >= 0.3 is 5.97 Å². The number of rotatable bonds is 5. The van der Waals surface area contributed by atoms with E-state index >= 15 is 0 Å². The number of likely N-dealkylation sites (tertiary alicyclic amines) is 1.